The average molecular weight is 340 g/mol. The summed E-state index contributed by atoms with van der Waals surface area (Å²) in [5, 5.41) is 1.75. The van der Waals surface area contributed by atoms with Crippen molar-refractivity contribution in [3.63, 3.8) is 0 Å². The minimum atomic E-state index is 0.297. The lowest BCUT2D eigenvalue weighted by Crippen LogP contribution is -1.89. The first-order chi connectivity index (χ1) is 8.56. The monoisotopic (exact) mass is 338 g/mol. The van der Waals surface area contributed by atoms with E-state index in [9.17, 15) is 0 Å². The molecule has 2 aromatic carbocycles. The highest BCUT2D eigenvalue weighted by Gasteiger charge is 2.14. The number of hydrogen-bond acceptors (Lipinski definition) is 0. The molecule has 0 radical (unpaired) electrons. The molecular weight excluding hydrogens is 333 g/mol. The molecule has 0 aromatic heterocycles. The normalized spacial score (nSPS) is 10.7. The fourth-order valence-electron chi connectivity index (χ4n) is 1.68. The maximum absolute atomic E-state index is 6.21. The maximum Gasteiger partial charge on any atom is 0.0784 e. The van der Waals surface area contributed by atoms with E-state index >= 15 is 0 Å². The van der Waals surface area contributed by atoms with E-state index in [0.717, 1.165) is 16.7 Å². The Bertz CT molecular complexity index is 592. The summed E-state index contributed by atoms with van der Waals surface area (Å²) >= 11 is 30.2. The van der Waals surface area contributed by atoms with Crippen molar-refractivity contribution in [3.8, 4) is 11.1 Å². The van der Waals surface area contributed by atoms with Crippen LogP contribution in [0.4, 0.5) is 0 Å². The Morgan fingerprint density at radius 3 is 2.11 bits per heavy atom. The van der Waals surface area contributed by atoms with Gasteiger partial charge in [0.05, 0.1) is 15.1 Å². The SMILES string of the molecule is ClCc1c(Cl)cccc1-c1ccc(Cl)c(Cl)c1Cl. The zero-order valence-electron chi connectivity index (χ0n) is 8.98. The van der Waals surface area contributed by atoms with E-state index in [4.69, 9.17) is 58.0 Å². The first-order valence-corrected chi connectivity index (χ1v) is 7.08. The lowest BCUT2D eigenvalue weighted by Gasteiger charge is -2.12. The van der Waals surface area contributed by atoms with Gasteiger partial charge in [-0.3, -0.25) is 0 Å². The second-order valence-electron chi connectivity index (χ2n) is 3.62. The van der Waals surface area contributed by atoms with Crippen molar-refractivity contribution in [2.45, 2.75) is 5.88 Å². The van der Waals surface area contributed by atoms with Crippen molar-refractivity contribution in [3.05, 3.63) is 56.0 Å². The van der Waals surface area contributed by atoms with Crippen molar-refractivity contribution >= 4 is 58.0 Å². The van der Waals surface area contributed by atoms with Crippen molar-refractivity contribution in [1.29, 1.82) is 0 Å². The molecule has 2 aromatic rings. The summed E-state index contributed by atoms with van der Waals surface area (Å²) in [6.45, 7) is 0. The Balaban J connectivity index is 2.70. The third-order valence-electron chi connectivity index (χ3n) is 2.58. The Morgan fingerprint density at radius 1 is 0.722 bits per heavy atom. The maximum atomic E-state index is 6.21. The average Bonchev–Trinajstić information content (AvgIpc) is 2.36. The van der Waals surface area contributed by atoms with Crippen LogP contribution in [0, 0.1) is 0 Å². The fourth-order valence-corrected chi connectivity index (χ4v) is 2.92. The summed E-state index contributed by atoms with van der Waals surface area (Å²) in [7, 11) is 0. The highest BCUT2D eigenvalue weighted by Crippen LogP contribution is 2.40. The molecule has 5 heteroatoms. The molecule has 0 unspecified atom stereocenters. The van der Waals surface area contributed by atoms with Gasteiger partial charge in [-0.1, -0.05) is 64.6 Å². The second kappa shape index (κ2) is 5.90. The van der Waals surface area contributed by atoms with Crippen LogP contribution in [0.15, 0.2) is 30.3 Å². The van der Waals surface area contributed by atoms with Crippen LogP contribution in [0.2, 0.25) is 20.1 Å². The molecule has 0 aliphatic rings. The standard InChI is InChI=1S/C13H7Cl5/c14-6-9-7(2-1-3-10(9)15)8-4-5-11(16)13(18)12(8)17/h1-5H,6H2. The predicted molar refractivity (Wildman–Crippen MR) is 81.5 cm³/mol. The molecule has 0 aliphatic carbocycles. The zero-order valence-corrected chi connectivity index (χ0v) is 12.8. The molecular formula is C13H7Cl5. The van der Waals surface area contributed by atoms with Gasteiger partial charge in [-0.2, -0.15) is 0 Å². The van der Waals surface area contributed by atoms with Crippen LogP contribution < -0.4 is 0 Å². The van der Waals surface area contributed by atoms with Crippen LogP contribution in [0.1, 0.15) is 5.56 Å². The summed E-state index contributed by atoms with van der Waals surface area (Å²) in [6, 6.07) is 9.03. The van der Waals surface area contributed by atoms with E-state index in [1.54, 1.807) is 18.2 Å². The lowest BCUT2D eigenvalue weighted by molar-refractivity contribution is 1.40. The third-order valence-corrected chi connectivity index (χ3v) is 4.49. The van der Waals surface area contributed by atoms with Crippen molar-refractivity contribution < 1.29 is 0 Å². The van der Waals surface area contributed by atoms with Crippen LogP contribution >= 0.6 is 58.0 Å². The summed E-state index contributed by atoms with van der Waals surface area (Å²) in [4.78, 5) is 0. The van der Waals surface area contributed by atoms with Gasteiger partial charge in [-0.25, -0.2) is 0 Å². The zero-order chi connectivity index (χ0) is 13.3. The van der Waals surface area contributed by atoms with E-state index in [0.29, 0.717) is 26.0 Å². The van der Waals surface area contributed by atoms with Gasteiger partial charge in [0.2, 0.25) is 0 Å². The molecule has 18 heavy (non-hydrogen) atoms. The molecule has 0 saturated heterocycles. The van der Waals surface area contributed by atoms with Gasteiger partial charge in [-0.05, 0) is 23.3 Å². The largest absolute Gasteiger partial charge is 0.121 e. The molecule has 0 bridgehead atoms. The van der Waals surface area contributed by atoms with Crippen molar-refractivity contribution in [1.82, 2.24) is 0 Å². The minimum absolute atomic E-state index is 0.297. The van der Waals surface area contributed by atoms with Crippen molar-refractivity contribution in [2.24, 2.45) is 0 Å². The summed E-state index contributed by atoms with van der Waals surface area (Å²) in [5.74, 6) is 0.297. The van der Waals surface area contributed by atoms with E-state index in [2.05, 4.69) is 0 Å². The molecule has 2 rings (SSSR count). The highest BCUT2D eigenvalue weighted by molar-refractivity contribution is 6.49. The summed E-state index contributed by atoms with van der Waals surface area (Å²) in [6.07, 6.45) is 0. The number of hydrogen-bond donors (Lipinski definition) is 0. The highest BCUT2D eigenvalue weighted by atomic mass is 35.5. The second-order valence-corrected chi connectivity index (χ2v) is 5.46. The van der Waals surface area contributed by atoms with Crippen LogP contribution in [-0.2, 0) is 5.88 Å². The predicted octanol–water partition coefficient (Wildman–Crippen LogP) is 6.71. The van der Waals surface area contributed by atoms with Crippen LogP contribution in [-0.4, -0.2) is 0 Å². The molecule has 0 spiro atoms. The molecule has 0 amide bonds. The smallest absolute Gasteiger partial charge is 0.0784 e. The van der Waals surface area contributed by atoms with Gasteiger partial charge in [-0.15, -0.1) is 11.6 Å². The van der Waals surface area contributed by atoms with Gasteiger partial charge < -0.3 is 0 Å². The number of benzene rings is 2. The first kappa shape index (κ1) is 14.3. The van der Waals surface area contributed by atoms with Crippen LogP contribution in [0.25, 0.3) is 11.1 Å². The number of halogens is 5. The Kier molecular flexibility index (Phi) is 4.69. The summed E-state index contributed by atoms with van der Waals surface area (Å²) < 4.78 is 0. The van der Waals surface area contributed by atoms with E-state index in [-0.39, 0.29) is 0 Å². The summed E-state index contributed by atoms with van der Waals surface area (Å²) in [5.41, 5.74) is 2.45. The molecule has 0 atom stereocenters. The van der Waals surface area contributed by atoms with E-state index < -0.39 is 0 Å². The Labute approximate surface area is 130 Å². The molecule has 0 N–H and O–H groups in total. The van der Waals surface area contributed by atoms with Gasteiger partial charge in [0, 0.05) is 16.5 Å². The molecule has 0 aliphatic heterocycles. The van der Waals surface area contributed by atoms with Crippen LogP contribution in [0.5, 0.6) is 0 Å². The van der Waals surface area contributed by atoms with Gasteiger partial charge in [0.25, 0.3) is 0 Å². The van der Waals surface area contributed by atoms with Crippen LogP contribution in [0.3, 0.4) is 0 Å². The fraction of sp³-hybridized carbons (Fsp3) is 0.0769. The lowest BCUT2D eigenvalue weighted by atomic mass is 10.0. The Hall–Kier alpha value is -0.110. The molecule has 0 heterocycles. The molecule has 0 saturated carbocycles. The quantitative estimate of drug-likeness (QED) is 0.421. The van der Waals surface area contributed by atoms with Gasteiger partial charge in [0.15, 0.2) is 0 Å². The Morgan fingerprint density at radius 2 is 1.44 bits per heavy atom. The van der Waals surface area contributed by atoms with E-state index in [1.165, 1.54) is 0 Å². The molecule has 0 nitrogen and oxygen atoms in total. The van der Waals surface area contributed by atoms with E-state index in [1.807, 2.05) is 12.1 Å². The molecule has 0 fully saturated rings. The molecule has 94 valence electrons. The third kappa shape index (κ3) is 2.59. The first-order valence-electron chi connectivity index (χ1n) is 5.03. The van der Waals surface area contributed by atoms with Gasteiger partial charge in [0.1, 0.15) is 0 Å². The topological polar surface area (TPSA) is 0 Å². The van der Waals surface area contributed by atoms with Crippen molar-refractivity contribution in [2.75, 3.05) is 0 Å². The number of rotatable bonds is 2. The number of alkyl halides is 1. The van der Waals surface area contributed by atoms with Gasteiger partial charge >= 0.3 is 0 Å². The minimum Gasteiger partial charge on any atom is -0.121 e.